The molecule has 11 heteroatoms. The predicted molar refractivity (Wildman–Crippen MR) is 114 cm³/mol. The minimum atomic E-state index is -1.43. The lowest BCUT2D eigenvalue weighted by Gasteiger charge is -2.33. The zero-order valence-corrected chi connectivity index (χ0v) is 18.0. The van der Waals surface area contributed by atoms with Crippen LogP contribution in [-0.2, 0) is 9.53 Å². The molecular formula is C21H28N6O5. The Bertz CT molecular complexity index is 1080. The standard InChI is InChI=1S/C21H28N6O5/c1-3-23-19(30)16-14(28)15(29)20(32-16)27-10-24-13-17(22)25-12(26-18(13)27)7-9-21(31)8-5-4-6-11(21)2/h10-11,14-16,20,28-29,31H,3-6,8H2,1-2H3,(H,23,30)(H2,22,25,26)/t11?,14-,15+,16+,20-,21?/m1/s1. The zero-order valence-electron chi connectivity index (χ0n) is 18.0. The Morgan fingerprint density at radius 3 is 2.88 bits per heavy atom. The molecule has 2 unspecified atom stereocenters. The fraction of sp³-hybridized carbons (Fsp3) is 0.619. The van der Waals surface area contributed by atoms with Gasteiger partial charge in [-0.05, 0) is 38.0 Å². The van der Waals surface area contributed by atoms with Gasteiger partial charge in [0.1, 0.15) is 23.3 Å². The van der Waals surface area contributed by atoms with E-state index in [1.807, 2.05) is 6.92 Å². The molecule has 6 atom stereocenters. The Hall–Kier alpha value is -2.78. The highest BCUT2D eigenvalue weighted by atomic mass is 16.6. The van der Waals surface area contributed by atoms with Gasteiger partial charge in [-0.2, -0.15) is 0 Å². The molecule has 3 heterocycles. The molecule has 6 N–H and O–H groups in total. The lowest BCUT2D eigenvalue weighted by Crippen LogP contribution is -2.42. The van der Waals surface area contributed by atoms with Gasteiger partial charge in [-0.15, -0.1) is 0 Å². The molecule has 2 aromatic heterocycles. The summed E-state index contributed by atoms with van der Waals surface area (Å²) in [6.07, 6.45) is -0.385. The third-order valence-corrected chi connectivity index (χ3v) is 6.22. The average Bonchev–Trinajstić information content (AvgIpc) is 3.31. The third-order valence-electron chi connectivity index (χ3n) is 6.22. The van der Waals surface area contributed by atoms with Gasteiger partial charge in [0, 0.05) is 6.54 Å². The van der Waals surface area contributed by atoms with E-state index in [0.29, 0.717) is 13.0 Å². The molecule has 11 nitrogen and oxygen atoms in total. The number of ether oxygens (including phenoxy) is 1. The summed E-state index contributed by atoms with van der Waals surface area (Å²) in [5.74, 6) is 5.42. The van der Waals surface area contributed by atoms with Gasteiger partial charge in [-0.1, -0.05) is 19.3 Å². The van der Waals surface area contributed by atoms with E-state index in [0.717, 1.165) is 19.3 Å². The summed E-state index contributed by atoms with van der Waals surface area (Å²) in [6, 6.07) is 0. The quantitative estimate of drug-likeness (QED) is 0.390. The molecule has 1 aliphatic heterocycles. The lowest BCUT2D eigenvalue weighted by atomic mass is 9.77. The van der Waals surface area contributed by atoms with E-state index in [4.69, 9.17) is 10.5 Å². The molecular weight excluding hydrogens is 416 g/mol. The number of hydrogen-bond donors (Lipinski definition) is 5. The summed E-state index contributed by atoms with van der Waals surface area (Å²) < 4.78 is 7.04. The Labute approximate surface area is 185 Å². The van der Waals surface area contributed by atoms with Gasteiger partial charge < -0.3 is 31.1 Å². The van der Waals surface area contributed by atoms with Crippen LogP contribution in [0.25, 0.3) is 11.2 Å². The van der Waals surface area contributed by atoms with Crippen LogP contribution in [0.3, 0.4) is 0 Å². The number of nitrogens with zero attached hydrogens (tertiary/aromatic N) is 4. The first-order chi connectivity index (χ1) is 15.2. The van der Waals surface area contributed by atoms with Gasteiger partial charge >= 0.3 is 0 Å². The number of nitrogens with two attached hydrogens (primary N) is 1. The number of likely N-dealkylation sites (N-methyl/N-ethyl adjacent to an activating group) is 1. The monoisotopic (exact) mass is 444 g/mol. The Morgan fingerprint density at radius 1 is 1.38 bits per heavy atom. The third kappa shape index (κ3) is 3.91. The fourth-order valence-electron chi connectivity index (χ4n) is 4.24. The molecule has 0 spiro atoms. The van der Waals surface area contributed by atoms with Crippen molar-refractivity contribution in [3.8, 4) is 11.8 Å². The molecule has 2 fully saturated rings. The minimum Gasteiger partial charge on any atom is -0.387 e. The number of anilines is 1. The molecule has 2 aliphatic rings. The van der Waals surface area contributed by atoms with Crippen molar-refractivity contribution in [1.82, 2.24) is 24.8 Å². The number of carbonyl (C=O) groups is 1. The number of hydrogen-bond acceptors (Lipinski definition) is 9. The molecule has 1 aliphatic carbocycles. The van der Waals surface area contributed by atoms with E-state index in [2.05, 4.69) is 32.1 Å². The molecule has 1 amide bonds. The number of fused-ring (bicyclic) bond motifs is 1. The van der Waals surface area contributed by atoms with Crippen LogP contribution in [0.1, 0.15) is 51.6 Å². The molecule has 4 rings (SSSR count). The van der Waals surface area contributed by atoms with E-state index in [9.17, 15) is 20.1 Å². The number of aliphatic hydroxyl groups is 3. The van der Waals surface area contributed by atoms with Gasteiger partial charge in [-0.25, -0.2) is 15.0 Å². The smallest absolute Gasteiger partial charge is 0.252 e. The number of aliphatic hydroxyl groups excluding tert-OH is 2. The molecule has 32 heavy (non-hydrogen) atoms. The number of imidazole rings is 1. The summed E-state index contributed by atoms with van der Waals surface area (Å²) in [5.41, 5.74) is 5.44. The van der Waals surface area contributed by atoms with Crippen LogP contribution in [0.2, 0.25) is 0 Å². The van der Waals surface area contributed by atoms with Crippen LogP contribution in [0.4, 0.5) is 5.82 Å². The topological polar surface area (TPSA) is 169 Å². The van der Waals surface area contributed by atoms with Crippen molar-refractivity contribution >= 4 is 22.9 Å². The number of carbonyl (C=O) groups excluding carboxylic acids is 1. The van der Waals surface area contributed by atoms with Crippen LogP contribution in [-0.4, -0.2) is 71.2 Å². The van der Waals surface area contributed by atoms with Crippen molar-refractivity contribution < 1.29 is 24.9 Å². The Balaban J connectivity index is 1.67. The summed E-state index contributed by atoms with van der Waals surface area (Å²) in [4.78, 5) is 24.9. The highest BCUT2D eigenvalue weighted by Gasteiger charge is 2.47. The maximum atomic E-state index is 12.2. The molecule has 0 radical (unpaired) electrons. The van der Waals surface area contributed by atoms with Crippen LogP contribution >= 0.6 is 0 Å². The van der Waals surface area contributed by atoms with Gasteiger partial charge in [0.15, 0.2) is 23.8 Å². The molecule has 2 aromatic rings. The summed E-state index contributed by atoms with van der Waals surface area (Å²) >= 11 is 0. The van der Waals surface area contributed by atoms with Gasteiger partial charge in [0.05, 0.1) is 6.33 Å². The molecule has 1 saturated carbocycles. The number of nitrogens with one attached hydrogen (secondary N) is 1. The van der Waals surface area contributed by atoms with Crippen molar-refractivity contribution in [1.29, 1.82) is 0 Å². The molecule has 1 saturated heterocycles. The normalized spacial score (nSPS) is 32.5. The van der Waals surface area contributed by atoms with E-state index < -0.39 is 36.0 Å². The fourth-order valence-corrected chi connectivity index (χ4v) is 4.24. The van der Waals surface area contributed by atoms with Crippen LogP contribution in [0, 0.1) is 17.8 Å². The summed E-state index contributed by atoms with van der Waals surface area (Å²) in [5, 5.41) is 34.3. The van der Waals surface area contributed by atoms with Crippen LogP contribution in [0.5, 0.6) is 0 Å². The first-order valence-corrected chi connectivity index (χ1v) is 10.8. The van der Waals surface area contributed by atoms with Crippen molar-refractivity contribution in [3.05, 3.63) is 12.2 Å². The first kappa shape index (κ1) is 22.4. The average molecular weight is 444 g/mol. The SMILES string of the molecule is CCNC(=O)[C@H]1O[C@@H](n2cnc3c(N)nc(C#CC4(O)CCCCC4C)nc32)[C@@H](O)[C@H]1O. The number of nitrogen functional groups attached to an aromatic ring is 1. The van der Waals surface area contributed by atoms with Crippen LogP contribution < -0.4 is 11.1 Å². The lowest BCUT2D eigenvalue weighted by molar-refractivity contribution is -0.137. The zero-order chi connectivity index (χ0) is 23.0. The highest BCUT2D eigenvalue weighted by Crippen LogP contribution is 2.34. The summed E-state index contributed by atoms with van der Waals surface area (Å²) in [7, 11) is 0. The second kappa shape index (κ2) is 8.63. The van der Waals surface area contributed by atoms with Crippen LogP contribution in [0.15, 0.2) is 6.33 Å². The minimum absolute atomic E-state index is 0.0325. The second-order valence-electron chi connectivity index (χ2n) is 8.40. The van der Waals surface area contributed by atoms with Gasteiger partial charge in [0.2, 0.25) is 5.82 Å². The first-order valence-electron chi connectivity index (χ1n) is 10.8. The van der Waals surface area contributed by atoms with Crippen molar-refractivity contribution in [3.63, 3.8) is 0 Å². The Morgan fingerprint density at radius 2 is 2.16 bits per heavy atom. The highest BCUT2D eigenvalue weighted by molar-refractivity contribution is 5.83. The van der Waals surface area contributed by atoms with E-state index in [1.165, 1.54) is 10.9 Å². The van der Waals surface area contributed by atoms with Gasteiger partial charge in [0.25, 0.3) is 5.91 Å². The predicted octanol–water partition coefficient (Wildman–Crippen LogP) is -0.543. The summed E-state index contributed by atoms with van der Waals surface area (Å²) in [6.45, 7) is 4.07. The van der Waals surface area contributed by atoms with E-state index in [1.54, 1.807) is 6.92 Å². The number of amides is 1. The molecule has 172 valence electrons. The largest absolute Gasteiger partial charge is 0.387 e. The van der Waals surface area contributed by atoms with Crippen molar-refractivity contribution in [2.75, 3.05) is 12.3 Å². The number of rotatable bonds is 3. The van der Waals surface area contributed by atoms with E-state index >= 15 is 0 Å². The second-order valence-corrected chi connectivity index (χ2v) is 8.40. The number of aromatic nitrogens is 4. The van der Waals surface area contributed by atoms with Crippen molar-refractivity contribution in [2.45, 2.75) is 69.7 Å². The van der Waals surface area contributed by atoms with Crippen molar-refractivity contribution in [2.24, 2.45) is 5.92 Å². The molecule has 0 aromatic carbocycles. The maximum absolute atomic E-state index is 12.2. The van der Waals surface area contributed by atoms with E-state index in [-0.39, 0.29) is 28.7 Å². The Kier molecular flexibility index (Phi) is 6.05. The van der Waals surface area contributed by atoms with Gasteiger partial charge in [-0.3, -0.25) is 9.36 Å². The molecule has 0 bridgehead atoms. The maximum Gasteiger partial charge on any atom is 0.252 e.